The summed E-state index contributed by atoms with van der Waals surface area (Å²) in [5.74, 6) is -0.175. The molecule has 14 nitrogen and oxygen atoms in total. The van der Waals surface area contributed by atoms with E-state index >= 15 is 0 Å². The Bertz CT molecular complexity index is 1400. The molecule has 16 heteroatoms. The number of ether oxygens (including phenoxy) is 1. The first-order valence-corrected chi connectivity index (χ1v) is 14.7. The summed E-state index contributed by atoms with van der Waals surface area (Å²) in [4.78, 5) is 66.2. The number of nitrogens with zero attached hydrogens (tertiary/aromatic N) is 9. The number of rotatable bonds is 9. The number of carbonyl (C=O) groups is 3. The molecular weight excluding hydrogens is 578 g/mol. The largest absolute Gasteiger partial charge is 0.378 e. The number of aromatic nitrogens is 5. The minimum atomic E-state index is -2.92. The number of allylic oxidation sites excluding steroid dienone is 2. The molecule has 0 spiro atoms. The van der Waals surface area contributed by atoms with Crippen LogP contribution >= 0.6 is 0 Å². The van der Waals surface area contributed by atoms with E-state index in [0.29, 0.717) is 83.9 Å². The SMILES string of the molecule is C/C=C/C(=O)CCC(=O)N1CC[C@@H](C(=O)N2CCN(c3nc(-c4cnc(N)nc4C(F)F)nc(N4CCOCC4)n3)CC2)C1. The lowest BCUT2D eigenvalue weighted by Gasteiger charge is -2.36. The molecule has 5 heterocycles. The molecule has 0 radical (unpaired) electrons. The van der Waals surface area contributed by atoms with Crippen molar-refractivity contribution >= 4 is 35.4 Å². The highest BCUT2D eigenvalue weighted by Crippen LogP contribution is 2.30. The fourth-order valence-electron chi connectivity index (χ4n) is 5.50. The molecule has 2 N–H and O–H groups in total. The summed E-state index contributed by atoms with van der Waals surface area (Å²) in [7, 11) is 0. The zero-order valence-electron chi connectivity index (χ0n) is 24.6. The third-order valence-corrected chi connectivity index (χ3v) is 7.89. The quantitative estimate of drug-likeness (QED) is 0.401. The highest BCUT2D eigenvalue weighted by atomic mass is 19.3. The Morgan fingerprint density at radius 2 is 1.64 bits per heavy atom. The molecule has 2 aromatic rings. The number of piperazine rings is 1. The molecule has 3 aliphatic heterocycles. The topological polar surface area (TPSA) is 164 Å². The number of anilines is 3. The van der Waals surface area contributed by atoms with Crippen LogP contribution in [0.25, 0.3) is 11.4 Å². The van der Waals surface area contributed by atoms with Crippen LogP contribution in [0.4, 0.5) is 26.6 Å². The average Bonchev–Trinajstić information content (AvgIpc) is 3.54. The number of carbonyl (C=O) groups excluding carboxylic acids is 3. The number of hydrogen-bond donors (Lipinski definition) is 1. The summed E-state index contributed by atoms with van der Waals surface area (Å²) >= 11 is 0. The van der Waals surface area contributed by atoms with Gasteiger partial charge in [-0.25, -0.2) is 18.7 Å². The minimum Gasteiger partial charge on any atom is -0.378 e. The smallest absolute Gasteiger partial charge is 0.281 e. The van der Waals surface area contributed by atoms with Crippen molar-refractivity contribution in [2.45, 2.75) is 32.6 Å². The van der Waals surface area contributed by atoms with Gasteiger partial charge in [-0.05, 0) is 19.4 Å². The number of nitrogen functional groups attached to an aromatic ring is 1. The zero-order valence-corrected chi connectivity index (χ0v) is 24.6. The normalized spacial score (nSPS) is 19.3. The van der Waals surface area contributed by atoms with Crippen molar-refractivity contribution in [1.82, 2.24) is 34.7 Å². The van der Waals surface area contributed by atoms with Gasteiger partial charge in [-0.1, -0.05) is 6.08 Å². The Morgan fingerprint density at radius 1 is 0.955 bits per heavy atom. The molecule has 44 heavy (non-hydrogen) atoms. The lowest BCUT2D eigenvalue weighted by molar-refractivity contribution is -0.136. The second-order valence-corrected chi connectivity index (χ2v) is 10.8. The van der Waals surface area contributed by atoms with Gasteiger partial charge in [-0.3, -0.25) is 14.4 Å². The fraction of sp³-hybridized carbons (Fsp3) is 0.571. The summed E-state index contributed by atoms with van der Waals surface area (Å²) < 4.78 is 33.2. The van der Waals surface area contributed by atoms with E-state index in [1.54, 1.807) is 22.8 Å². The van der Waals surface area contributed by atoms with Crippen LogP contribution in [0.3, 0.4) is 0 Å². The maximum absolute atomic E-state index is 13.9. The Kier molecular flexibility index (Phi) is 9.87. The predicted molar refractivity (Wildman–Crippen MR) is 156 cm³/mol. The van der Waals surface area contributed by atoms with Gasteiger partial charge in [0, 0.05) is 71.4 Å². The van der Waals surface area contributed by atoms with Crippen LogP contribution in [0.1, 0.15) is 38.3 Å². The Hall–Kier alpha value is -4.34. The van der Waals surface area contributed by atoms with Gasteiger partial charge in [-0.15, -0.1) is 0 Å². The van der Waals surface area contributed by atoms with Gasteiger partial charge in [0.1, 0.15) is 5.69 Å². The number of halogens is 2. The number of hydrogen-bond acceptors (Lipinski definition) is 12. The molecule has 0 saturated carbocycles. The summed E-state index contributed by atoms with van der Waals surface area (Å²) in [5.41, 5.74) is 4.97. The van der Waals surface area contributed by atoms with Gasteiger partial charge in [0.25, 0.3) is 6.43 Å². The van der Waals surface area contributed by atoms with Gasteiger partial charge >= 0.3 is 0 Å². The van der Waals surface area contributed by atoms with Crippen molar-refractivity contribution in [3.8, 4) is 11.4 Å². The zero-order chi connectivity index (χ0) is 31.2. The van der Waals surface area contributed by atoms with E-state index < -0.39 is 12.1 Å². The second kappa shape index (κ2) is 14.0. The number of likely N-dealkylation sites (tertiary alicyclic amines) is 1. The first-order valence-electron chi connectivity index (χ1n) is 14.7. The summed E-state index contributed by atoms with van der Waals surface area (Å²) in [6.07, 6.45) is 2.24. The molecule has 0 aliphatic carbocycles. The lowest BCUT2D eigenvalue weighted by Crippen LogP contribution is -2.51. The van der Waals surface area contributed by atoms with Gasteiger partial charge in [-0.2, -0.15) is 15.0 Å². The average molecular weight is 615 g/mol. The van der Waals surface area contributed by atoms with Crippen molar-refractivity contribution in [3.05, 3.63) is 24.0 Å². The molecule has 2 aromatic heterocycles. The van der Waals surface area contributed by atoms with Gasteiger partial charge < -0.3 is 30.1 Å². The van der Waals surface area contributed by atoms with Gasteiger partial charge in [0.15, 0.2) is 11.6 Å². The summed E-state index contributed by atoms with van der Waals surface area (Å²) in [6, 6.07) is 0. The van der Waals surface area contributed by atoms with Crippen molar-refractivity contribution < 1.29 is 27.9 Å². The number of alkyl halides is 2. The molecule has 3 fully saturated rings. The Balaban J connectivity index is 1.26. The molecular formula is C28H36F2N10O4. The highest BCUT2D eigenvalue weighted by molar-refractivity contribution is 5.92. The van der Waals surface area contributed by atoms with Crippen LogP contribution in [-0.2, 0) is 19.1 Å². The van der Waals surface area contributed by atoms with E-state index in [9.17, 15) is 23.2 Å². The summed E-state index contributed by atoms with van der Waals surface area (Å²) in [5, 5.41) is 0. The molecule has 236 valence electrons. The molecule has 3 saturated heterocycles. The molecule has 0 aromatic carbocycles. The molecule has 0 unspecified atom stereocenters. The number of amides is 2. The highest BCUT2D eigenvalue weighted by Gasteiger charge is 2.35. The van der Waals surface area contributed by atoms with Gasteiger partial charge in [0.2, 0.25) is 29.7 Å². The lowest BCUT2D eigenvalue weighted by atomic mass is 10.1. The van der Waals surface area contributed by atoms with Gasteiger partial charge in [0.05, 0.1) is 24.7 Å². The van der Waals surface area contributed by atoms with Crippen molar-refractivity contribution in [2.75, 3.05) is 81.1 Å². The monoisotopic (exact) mass is 614 g/mol. The number of nitrogens with two attached hydrogens (primary N) is 1. The van der Waals surface area contributed by atoms with Crippen LogP contribution in [0.5, 0.6) is 0 Å². The molecule has 3 aliphatic rings. The van der Waals surface area contributed by atoms with Crippen molar-refractivity contribution in [1.29, 1.82) is 0 Å². The maximum Gasteiger partial charge on any atom is 0.281 e. The van der Waals surface area contributed by atoms with Crippen LogP contribution < -0.4 is 15.5 Å². The standard InChI is InChI=1S/C28H36F2N10O4/c1-2-3-19(41)4-5-21(42)40-7-6-18(17-40)25(43)37-8-10-38(11-9-37)27-34-24(20-16-32-26(31)33-22(20)23(29)30)35-28(36-27)39-12-14-44-15-13-39/h2-3,16,18,23H,4-15,17H2,1H3,(H2,31,32,33)/b3-2+/t18-/m1/s1. The fourth-order valence-corrected chi connectivity index (χ4v) is 5.50. The molecule has 2 amide bonds. The van der Waals surface area contributed by atoms with Crippen LogP contribution in [0, 0.1) is 5.92 Å². The molecule has 0 bridgehead atoms. The third-order valence-electron chi connectivity index (χ3n) is 7.89. The van der Waals surface area contributed by atoms with E-state index in [-0.39, 0.29) is 53.7 Å². The van der Waals surface area contributed by atoms with E-state index in [0.717, 1.165) is 0 Å². The van der Waals surface area contributed by atoms with Crippen molar-refractivity contribution in [3.63, 3.8) is 0 Å². The second-order valence-electron chi connectivity index (χ2n) is 10.8. The molecule has 5 rings (SSSR count). The van der Waals surface area contributed by atoms with Crippen LogP contribution in [-0.4, -0.2) is 118 Å². The van der Waals surface area contributed by atoms with E-state index in [1.807, 2.05) is 9.80 Å². The number of morpholine rings is 1. The van der Waals surface area contributed by atoms with Crippen LogP contribution in [0.2, 0.25) is 0 Å². The predicted octanol–water partition coefficient (Wildman–Crippen LogP) is 1.11. The third kappa shape index (κ3) is 7.23. The first-order chi connectivity index (χ1) is 21.2. The van der Waals surface area contributed by atoms with Crippen molar-refractivity contribution in [2.24, 2.45) is 5.92 Å². The first kappa shape index (κ1) is 31.1. The van der Waals surface area contributed by atoms with E-state index in [4.69, 9.17) is 10.5 Å². The summed E-state index contributed by atoms with van der Waals surface area (Å²) in [6.45, 7) is 6.22. The Morgan fingerprint density at radius 3 is 2.30 bits per heavy atom. The molecule has 1 atom stereocenters. The van der Waals surface area contributed by atoms with E-state index in [1.165, 1.54) is 12.3 Å². The Labute approximate surface area is 253 Å². The number of ketones is 1. The minimum absolute atomic E-state index is 0.00780. The van der Waals surface area contributed by atoms with E-state index in [2.05, 4.69) is 24.9 Å². The van der Waals surface area contributed by atoms with Crippen LogP contribution in [0.15, 0.2) is 18.3 Å². The maximum atomic E-state index is 13.9.